The molecular formula is C18H28N2O4S. The van der Waals surface area contributed by atoms with Crippen molar-refractivity contribution in [1.82, 2.24) is 9.62 Å². The summed E-state index contributed by atoms with van der Waals surface area (Å²) in [7, 11) is -2.24. The van der Waals surface area contributed by atoms with E-state index in [-0.39, 0.29) is 29.3 Å². The molecule has 7 heteroatoms. The summed E-state index contributed by atoms with van der Waals surface area (Å²) in [6, 6.07) is 5.20. The number of ether oxygens (including phenoxy) is 1. The summed E-state index contributed by atoms with van der Waals surface area (Å²) in [5.74, 6) is -0.0458. The normalized spacial score (nSPS) is 20.1. The van der Waals surface area contributed by atoms with E-state index in [1.54, 1.807) is 12.1 Å². The molecule has 0 aliphatic carbocycles. The number of sulfonamides is 1. The van der Waals surface area contributed by atoms with Crippen LogP contribution in [0.25, 0.3) is 0 Å². The largest absolute Gasteiger partial charge is 0.495 e. The van der Waals surface area contributed by atoms with Crippen LogP contribution >= 0.6 is 0 Å². The van der Waals surface area contributed by atoms with Crippen LogP contribution in [0.5, 0.6) is 5.75 Å². The third kappa shape index (κ3) is 4.52. The summed E-state index contributed by atoms with van der Waals surface area (Å²) in [5, 5.41) is 2.96. The van der Waals surface area contributed by atoms with Crippen LogP contribution in [0.2, 0.25) is 0 Å². The molecule has 0 bridgehead atoms. The van der Waals surface area contributed by atoms with Gasteiger partial charge in [0.05, 0.1) is 13.0 Å². The SMILES string of the molecule is CC[C@H](C)NC(=O)[C@H]1CCCN(S(=O)(=O)c2cc(C)ccc2OC)C1. The lowest BCUT2D eigenvalue weighted by atomic mass is 9.98. The molecule has 2 rings (SSSR count). The molecule has 1 aliphatic heterocycles. The Morgan fingerprint density at radius 2 is 2.16 bits per heavy atom. The molecule has 0 spiro atoms. The Bertz CT molecular complexity index is 718. The number of methoxy groups -OCH3 is 1. The second-order valence-corrected chi connectivity index (χ2v) is 8.58. The Morgan fingerprint density at radius 1 is 1.44 bits per heavy atom. The zero-order valence-corrected chi connectivity index (χ0v) is 16.2. The fourth-order valence-corrected chi connectivity index (χ4v) is 4.73. The first kappa shape index (κ1) is 19.7. The molecule has 1 aliphatic rings. The van der Waals surface area contributed by atoms with Gasteiger partial charge in [-0.15, -0.1) is 0 Å². The van der Waals surface area contributed by atoms with E-state index >= 15 is 0 Å². The van der Waals surface area contributed by atoms with Gasteiger partial charge in [-0.1, -0.05) is 13.0 Å². The molecule has 0 saturated carbocycles. The van der Waals surface area contributed by atoms with Crippen LogP contribution in [0.3, 0.4) is 0 Å². The molecule has 1 aromatic rings. The summed E-state index contributed by atoms with van der Waals surface area (Å²) < 4.78 is 32.8. The van der Waals surface area contributed by atoms with Gasteiger partial charge in [-0.05, 0) is 50.8 Å². The summed E-state index contributed by atoms with van der Waals surface area (Å²) in [4.78, 5) is 12.6. The average molecular weight is 368 g/mol. The van der Waals surface area contributed by atoms with Gasteiger partial charge in [-0.25, -0.2) is 8.42 Å². The Morgan fingerprint density at radius 3 is 2.80 bits per heavy atom. The molecular weight excluding hydrogens is 340 g/mol. The molecule has 6 nitrogen and oxygen atoms in total. The number of carbonyl (C=O) groups excluding carboxylic acids is 1. The van der Waals surface area contributed by atoms with Crippen molar-refractivity contribution in [1.29, 1.82) is 0 Å². The lowest BCUT2D eigenvalue weighted by Gasteiger charge is -2.32. The van der Waals surface area contributed by atoms with Crippen LogP contribution in [-0.2, 0) is 14.8 Å². The summed E-state index contributed by atoms with van der Waals surface area (Å²) >= 11 is 0. The molecule has 1 aromatic carbocycles. The van der Waals surface area contributed by atoms with Crippen molar-refractivity contribution in [3.8, 4) is 5.75 Å². The first-order valence-electron chi connectivity index (χ1n) is 8.74. The number of benzene rings is 1. The topological polar surface area (TPSA) is 75.7 Å². The number of hydrogen-bond acceptors (Lipinski definition) is 4. The quantitative estimate of drug-likeness (QED) is 0.836. The standard InChI is InChI=1S/C18H28N2O4S/c1-5-14(3)19-18(21)15-7-6-10-20(12-15)25(22,23)17-11-13(2)8-9-16(17)24-4/h8-9,11,14-15H,5-7,10,12H2,1-4H3,(H,19,21)/t14-,15-/m0/s1. The Balaban J connectivity index is 2.22. The Kier molecular flexibility index (Phi) is 6.46. The molecule has 1 amide bonds. The van der Waals surface area contributed by atoms with E-state index < -0.39 is 10.0 Å². The van der Waals surface area contributed by atoms with Crippen LogP contribution in [0, 0.1) is 12.8 Å². The minimum absolute atomic E-state index is 0.0644. The van der Waals surface area contributed by atoms with E-state index in [4.69, 9.17) is 4.74 Å². The molecule has 25 heavy (non-hydrogen) atoms. The molecule has 0 radical (unpaired) electrons. The maximum atomic E-state index is 13.1. The Labute approximate surface area is 150 Å². The molecule has 1 N–H and O–H groups in total. The van der Waals surface area contributed by atoms with Crippen LogP contribution in [0.1, 0.15) is 38.7 Å². The van der Waals surface area contributed by atoms with Crippen molar-refractivity contribution in [2.45, 2.75) is 51.0 Å². The van der Waals surface area contributed by atoms with E-state index in [0.717, 1.165) is 12.0 Å². The highest BCUT2D eigenvalue weighted by Crippen LogP contribution is 2.30. The van der Waals surface area contributed by atoms with Gasteiger partial charge in [-0.2, -0.15) is 4.31 Å². The first-order valence-corrected chi connectivity index (χ1v) is 10.2. The second kappa shape index (κ2) is 8.19. The molecule has 1 fully saturated rings. The summed E-state index contributed by atoms with van der Waals surface area (Å²) in [6.07, 6.45) is 2.23. The maximum absolute atomic E-state index is 13.1. The highest BCUT2D eigenvalue weighted by molar-refractivity contribution is 7.89. The van der Waals surface area contributed by atoms with E-state index in [9.17, 15) is 13.2 Å². The third-order valence-corrected chi connectivity index (χ3v) is 6.58. The maximum Gasteiger partial charge on any atom is 0.246 e. The molecule has 2 atom stereocenters. The zero-order valence-electron chi connectivity index (χ0n) is 15.4. The monoisotopic (exact) mass is 368 g/mol. The second-order valence-electron chi connectivity index (χ2n) is 6.67. The van der Waals surface area contributed by atoms with Gasteiger partial charge in [0.25, 0.3) is 0 Å². The predicted molar refractivity (Wildman–Crippen MR) is 97.1 cm³/mol. The molecule has 0 unspecified atom stereocenters. The van der Waals surface area contributed by atoms with Gasteiger partial charge >= 0.3 is 0 Å². The number of hydrogen-bond donors (Lipinski definition) is 1. The highest BCUT2D eigenvalue weighted by Gasteiger charge is 2.35. The van der Waals surface area contributed by atoms with Crippen molar-refractivity contribution in [2.75, 3.05) is 20.2 Å². The molecule has 1 saturated heterocycles. The zero-order chi connectivity index (χ0) is 18.6. The smallest absolute Gasteiger partial charge is 0.246 e. The molecule has 1 heterocycles. The van der Waals surface area contributed by atoms with E-state index in [2.05, 4.69) is 5.32 Å². The minimum atomic E-state index is -3.70. The fourth-order valence-electron chi connectivity index (χ4n) is 2.96. The predicted octanol–water partition coefficient (Wildman–Crippen LogP) is 2.32. The van der Waals surface area contributed by atoms with Crippen LogP contribution < -0.4 is 10.1 Å². The molecule has 0 aromatic heterocycles. The van der Waals surface area contributed by atoms with E-state index in [1.807, 2.05) is 26.8 Å². The number of nitrogens with one attached hydrogen (secondary N) is 1. The number of aryl methyl sites for hydroxylation is 1. The fraction of sp³-hybridized carbons (Fsp3) is 0.611. The van der Waals surface area contributed by atoms with Crippen LogP contribution in [0.15, 0.2) is 23.1 Å². The van der Waals surface area contributed by atoms with E-state index in [1.165, 1.54) is 11.4 Å². The van der Waals surface area contributed by atoms with Gasteiger partial charge < -0.3 is 10.1 Å². The van der Waals surface area contributed by atoms with Crippen LogP contribution in [0.4, 0.5) is 0 Å². The first-order chi connectivity index (χ1) is 11.8. The van der Waals surface area contributed by atoms with Crippen LogP contribution in [-0.4, -0.2) is 44.9 Å². The summed E-state index contributed by atoms with van der Waals surface area (Å²) in [5.41, 5.74) is 0.849. The Hall–Kier alpha value is -1.60. The number of rotatable bonds is 6. The van der Waals surface area contributed by atoms with Crippen molar-refractivity contribution in [3.05, 3.63) is 23.8 Å². The van der Waals surface area contributed by atoms with Crippen molar-refractivity contribution in [2.24, 2.45) is 5.92 Å². The van der Waals surface area contributed by atoms with Crippen molar-refractivity contribution < 1.29 is 17.9 Å². The number of piperidine rings is 1. The highest BCUT2D eigenvalue weighted by atomic mass is 32.2. The van der Waals surface area contributed by atoms with E-state index in [0.29, 0.717) is 25.1 Å². The lowest BCUT2D eigenvalue weighted by Crippen LogP contribution is -2.47. The number of amides is 1. The average Bonchev–Trinajstić information content (AvgIpc) is 2.61. The van der Waals surface area contributed by atoms with Gasteiger partial charge in [0.2, 0.25) is 15.9 Å². The molecule has 140 valence electrons. The van der Waals surface area contributed by atoms with Gasteiger partial charge in [-0.3, -0.25) is 4.79 Å². The van der Waals surface area contributed by atoms with Gasteiger partial charge in [0.1, 0.15) is 10.6 Å². The van der Waals surface area contributed by atoms with Gasteiger partial charge in [0.15, 0.2) is 0 Å². The minimum Gasteiger partial charge on any atom is -0.495 e. The van der Waals surface area contributed by atoms with Crippen molar-refractivity contribution >= 4 is 15.9 Å². The van der Waals surface area contributed by atoms with Gasteiger partial charge in [0, 0.05) is 19.1 Å². The number of nitrogens with zero attached hydrogens (tertiary/aromatic N) is 1. The third-order valence-electron chi connectivity index (χ3n) is 4.69. The number of carbonyl (C=O) groups is 1. The van der Waals surface area contributed by atoms with Crippen molar-refractivity contribution in [3.63, 3.8) is 0 Å². The summed E-state index contributed by atoms with van der Waals surface area (Å²) in [6.45, 7) is 6.44. The lowest BCUT2D eigenvalue weighted by molar-refractivity contribution is -0.126.